The number of thiophene rings is 1. The second-order valence-electron chi connectivity index (χ2n) is 2.39. The maximum Gasteiger partial charge on any atom is 0.152 e. The van der Waals surface area contributed by atoms with Gasteiger partial charge in [-0.15, -0.1) is 11.3 Å². The lowest BCUT2D eigenvalue weighted by atomic mass is 10.2. The van der Waals surface area contributed by atoms with Gasteiger partial charge in [0.1, 0.15) is 5.75 Å². The summed E-state index contributed by atoms with van der Waals surface area (Å²) in [6.45, 7) is 0. The first-order chi connectivity index (χ1) is 5.70. The lowest BCUT2D eigenvalue weighted by Gasteiger charge is -1.99. The molecule has 1 aromatic heterocycles. The van der Waals surface area contributed by atoms with Gasteiger partial charge in [-0.05, 0) is 11.4 Å². The number of rotatable bonds is 0. The van der Waals surface area contributed by atoms with Gasteiger partial charge in [-0.25, -0.2) is 0 Å². The molecule has 0 saturated carbocycles. The number of halogens is 1. The Morgan fingerprint density at radius 3 is 2.83 bits per heavy atom. The predicted molar refractivity (Wildman–Crippen MR) is 50.2 cm³/mol. The standard InChI is InChI=1S/C8H5ClO2S/c9-5-3-6(10)4-1-2-12-8(4)7(5)11/h1-3,10-11H. The molecular weight excluding hydrogens is 196 g/mol. The van der Waals surface area contributed by atoms with Crippen molar-refractivity contribution >= 4 is 33.0 Å². The highest BCUT2D eigenvalue weighted by Gasteiger charge is 2.09. The summed E-state index contributed by atoms with van der Waals surface area (Å²) in [6.07, 6.45) is 0. The maximum atomic E-state index is 9.44. The molecule has 62 valence electrons. The molecule has 4 heteroatoms. The van der Waals surface area contributed by atoms with Crippen molar-refractivity contribution in [1.82, 2.24) is 0 Å². The Kier molecular flexibility index (Phi) is 1.63. The monoisotopic (exact) mass is 200 g/mol. The van der Waals surface area contributed by atoms with Gasteiger partial charge in [-0.3, -0.25) is 0 Å². The summed E-state index contributed by atoms with van der Waals surface area (Å²) in [4.78, 5) is 0. The Balaban J connectivity index is 2.97. The van der Waals surface area contributed by atoms with Crippen LogP contribution in [0.25, 0.3) is 10.1 Å². The molecule has 0 spiro atoms. The van der Waals surface area contributed by atoms with Crippen molar-refractivity contribution in [1.29, 1.82) is 0 Å². The zero-order chi connectivity index (χ0) is 8.72. The van der Waals surface area contributed by atoms with Gasteiger partial charge in [-0.1, -0.05) is 11.6 Å². The quantitative estimate of drug-likeness (QED) is 0.642. The van der Waals surface area contributed by atoms with E-state index in [9.17, 15) is 10.2 Å². The fraction of sp³-hybridized carbons (Fsp3) is 0. The van der Waals surface area contributed by atoms with Crippen LogP contribution in [0.3, 0.4) is 0 Å². The molecule has 2 aromatic rings. The summed E-state index contributed by atoms with van der Waals surface area (Å²) >= 11 is 6.99. The summed E-state index contributed by atoms with van der Waals surface area (Å²) < 4.78 is 0.625. The van der Waals surface area contributed by atoms with E-state index in [-0.39, 0.29) is 16.5 Å². The molecule has 0 aliphatic rings. The lowest BCUT2D eigenvalue weighted by Crippen LogP contribution is -1.70. The second kappa shape index (κ2) is 2.54. The van der Waals surface area contributed by atoms with Gasteiger partial charge < -0.3 is 10.2 Å². The van der Waals surface area contributed by atoms with Gasteiger partial charge in [-0.2, -0.15) is 0 Å². The minimum Gasteiger partial charge on any atom is -0.507 e. The van der Waals surface area contributed by atoms with Gasteiger partial charge in [0.2, 0.25) is 0 Å². The van der Waals surface area contributed by atoms with Crippen molar-refractivity contribution in [2.24, 2.45) is 0 Å². The van der Waals surface area contributed by atoms with Gasteiger partial charge in [0, 0.05) is 11.5 Å². The Hall–Kier alpha value is -0.930. The fourth-order valence-electron chi connectivity index (χ4n) is 1.07. The first kappa shape index (κ1) is 7.71. The first-order valence-corrected chi connectivity index (χ1v) is 4.53. The molecule has 2 N–H and O–H groups in total. The van der Waals surface area contributed by atoms with Gasteiger partial charge in [0.15, 0.2) is 5.75 Å². The largest absolute Gasteiger partial charge is 0.507 e. The number of fused-ring (bicyclic) bond motifs is 1. The highest BCUT2D eigenvalue weighted by atomic mass is 35.5. The van der Waals surface area contributed by atoms with E-state index in [1.165, 1.54) is 17.4 Å². The molecular formula is C8H5ClO2S. The highest BCUT2D eigenvalue weighted by Crippen LogP contribution is 2.40. The van der Waals surface area contributed by atoms with Crippen LogP contribution >= 0.6 is 22.9 Å². The van der Waals surface area contributed by atoms with Crippen LogP contribution < -0.4 is 0 Å². The molecule has 12 heavy (non-hydrogen) atoms. The molecule has 0 bridgehead atoms. The van der Waals surface area contributed by atoms with E-state index in [4.69, 9.17) is 11.6 Å². The predicted octanol–water partition coefficient (Wildman–Crippen LogP) is 2.97. The van der Waals surface area contributed by atoms with Crippen LogP contribution in [0.5, 0.6) is 11.5 Å². The van der Waals surface area contributed by atoms with Crippen molar-refractivity contribution in [3.63, 3.8) is 0 Å². The van der Waals surface area contributed by atoms with Crippen molar-refractivity contribution < 1.29 is 10.2 Å². The van der Waals surface area contributed by atoms with Crippen LogP contribution in [0.1, 0.15) is 0 Å². The third-order valence-corrected chi connectivity index (χ3v) is 2.86. The zero-order valence-electron chi connectivity index (χ0n) is 5.91. The summed E-state index contributed by atoms with van der Waals surface area (Å²) in [6, 6.07) is 3.08. The van der Waals surface area contributed by atoms with Crippen molar-refractivity contribution in [3.05, 3.63) is 22.5 Å². The van der Waals surface area contributed by atoms with E-state index in [1.807, 2.05) is 0 Å². The fourth-order valence-corrected chi connectivity index (χ4v) is 2.18. The molecule has 0 aliphatic carbocycles. The molecule has 0 aliphatic heterocycles. The summed E-state index contributed by atoms with van der Waals surface area (Å²) in [5, 5.41) is 21.4. The number of benzene rings is 1. The molecule has 0 atom stereocenters. The molecule has 0 unspecified atom stereocenters. The van der Waals surface area contributed by atoms with Crippen LogP contribution in [0.15, 0.2) is 17.5 Å². The number of aromatic hydroxyl groups is 2. The highest BCUT2D eigenvalue weighted by molar-refractivity contribution is 7.17. The zero-order valence-corrected chi connectivity index (χ0v) is 7.49. The van der Waals surface area contributed by atoms with E-state index in [2.05, 4.69) is 0 Å². The average molecular weight is 201 g/mol. The van der Waals surface area contributed by atoms with Crippen molar-refractivity contribution in [3.8, 4) is 11.5 Å². The van der Waals surface area contributed by atoms with Crippen molar-refractivity contribution in [2.75, 3.05) is 0 Å². The second-order valence-corrected chi connectivity index (χ2v) is 3.71. The van der Waals surface area contributed by atoms with E-state index < -0.39 is 0 Å². The molecule has 0 radical (unpaired) electrons. The SMILES string of the molecule is Oc1cc(Cl)c(O)c2sccc12. The minimum absolute atomic E-state index is 0.0412. The van der Waals surface area contributed by atoms with E-state index >= 15 is 0 Å². The smallest absolute Gasteiger partial charge is 0.152 e. The van der Waals surface area contributed by atoms with Crippen LogP contribution in [0, 0.1) is 0 Å². The molecule has 1 aromatic carbocycles. The minimum atomic E-state index is 0.0412. The first-order valence-electron chi connectivity index (χ1n) is 3.28. The molecule has 0 amide bonds. The normalized spacial score (nSPS) is 10.8. The van der Waals surface area contributed by atoms with Crippen LogP contribution in [-0.2, 0) is 0 Å². The van der Waals surface area contributed by atoms with Crippen LogP contribution in [0.4, 0.5) is 0 Å². The van der Waals surface area contributed by atoms with Gasteiger partial charge in [0.05, 0.1) is 9.72 Å². The Bertz CT molecular complexity index is 436. The molecule has 2 nitrogen and oxygen atoms in total. The van der Waals surface area contributed by atoms with Crippen LogP contribution in [0.2, 0.25) is 5.02 Å². The Morgan fingerprint density at radius 2 is 2.08 bits per heavy atom. The molecule has 2 rings (SSSR count). The average Bonchev–Trinajstić information content (AvgIpc) is 2.48. The van der Waals surface area contributed by atoms with E-state index in [0.717, 1.165) is 0 Å². The Labute approximate surface area is 77.6 Å². The third kappa shape index (κ3) is 0.940. The summed E-state index contributed by atoms with van der Waals surface area (Å²) in [5.74, 6) is 0.147. The molecule has 0 fully saturated rings. The summed E-state index contributed by atoms with van der Waals surface area (Å²) in [5.41, 5.74) is 0. The molecule has 1 heterocycles. The van der Waals surface area contributed by atoms with E-state index in [1.54, 1.807) is 11.4 Å². The Morgan fingerprint density at radius 1 is 1.33 bits per heavy atom. The maximum absolute atomic E-state index is 9.44. The number of hydrogen-bond donors (Lipinski definition) is 2. The number of hydrogen-bond acceptors (Lipinski definition) is 3. The van der Waals surface area contributed by atoms with Gasteiger partial charge >= 0.3 is 0 Å². The van der Waals surface area contributed by atoms with E-state index in [0.29, 0.717) is 10.1 Å². The van der Waals surface area contributed by atoms with Crippen molar-refractivity contribution in [2.45, 2.75) is 0 Å². The summed E-state index contributed by atoms with van der Waals surface area (Å²) in [7, 11) is 0. The topological polar surface area (TPSA) is 40.5 Å². The lowest BCUT2D eigenvalue weighted by molar-refractivity contribution is 0.470. The molecule has 0 saturated heterocycles. The van der Waals surface area contributed by atoms with Crippen LogP contribution in [-0.4, -0.2) is 10.2 Å². The van der Waals surface area contributed by atoms with Gasteiger partial charge in [0.25, 0.3) is 0 Å². The number of phenols is 2. The third-order valence-electron chi connectivity index (χ3n) is 1.65. The number of phenolic OH excluding ortho intramolecular Hbond substituents is 2.